The van der Waals surface area contributed by atoms with Crippen molar-refractivity contribution in [2.75, 3.05) is 49.1 Å². The molecule has 6 rings (SSSR count). The largest absolute Gasteiger partial charge is 0.369 e. The van der Waals surface area contributed by atoms with Crippen molar-refractivity contribution in [3.05, 3.63) is 119 Å². The van der Waals surface area contributed by atoms with Crippen LogP contribution in [0.25, 0.3) is 0 Å². The van der Waals surface area contributed by atoms with Crippen LogP contribution in [0.1, 0.15) is 26.3 Å². The van der Waals surface area contributed by atoms with Crippen molar-refractivity contribution in [3.63, 3.8) is 0 Å². The Morgan fingerprint density at radius 3 is 2.44 bits per heavy atom. The molecule has 1 unspecified atom stereocenters. The molecule has 0 spiro atoms. The smallest absolute Gasteiger partial charge is 0.259 e. The van der Waals surface area contributed by atoms with Gasteiger partial charge in [0, 0.05) is 61.1 Å². The van der Waals surface area contributed by atoms with Gasteiger partial charge in [-0.3, -0.25) is 14.5 Å². The molecule has 2 amide bonds. The van der Waals surface area contributed by atoms with Crippen molar-refractivity contribution in [1.82, 2.24) is 10.2 Å². The van der Waals surface area contributed by atoms with E-state index in [1.807, 2.05) is 18.2 Å². The molecule has 1 atom stereocenters. The van der Waals surface area contributed by atoms with Gasteiger partial charge >= 0.3 is 0 Å². The number of amides is 2. The topological polar surface area (TPSA) is 73.0 Å². The molecule has 4 aromatic rings. The molecule has 1 saturated heterocycles. The zero-order chi connectivity index (χ0) is 29.9. The summed E-state index contributed by atoms with van der Waals surface area (Å²) in [5.41, 5.74) is 2.37. The molecule has 1 fully saturated rings. The van der Waals surface area contributed by atoms with Crippen molar-refractivity contribution >= 4 is 45.6 Å². The van der Waals surface area contributed by atoms with E-state index in [1.54, 1.807) is 60.7 Å². The number of nitrogens with zero attached hydrogens (tertiary/aromatic N) is 3. The molecule has 2 heterocycles. The van der Waals surface area contributed by atoms with E-state index < -0.39 is 22.5 Å². The number of hydrogen-bond acceptors (Lipinski definition) is 5. The van der Waals surface area contributed by atoms with Gasteiger partial charge in [-0.15, -0.1) is 0 Å². The highest BCUT2D eigenvalue weighted by Crippen LogP contribution is 2.36. The van der Waals surface area contributed by atoms with Gasteiger partial charge in [0.05, 0.1) is 38.4 Å². The van der Waals surface area contributed by atoms with Crippen LogP contribution in [0.2, 0.25) is 5.02 Å². The second kappa shape index (κ2) is 12.7. The normalized spacial score (nSPS) is 16.8. The Balaban J connectivity index is 1.17. The van der Waals surface area contributed by atoms with Crippen LogP contribution in [-0.2, 0) is 17.3 Å². The van der Waals surface area contributed by atoms with Gasteiger partial charge in [0.2, 0.25) is 0 Å². The lowest BCUT2D eigenvalue weighted by Crippen LogP contribution is -2.48. The maximum atomic E-state index is 14.7. The Labute approximate surface area is 257 Å². The van der Waals surface area contributed by atoms with Gasteiger partial charge in [-0.05, 0) is 54.6 Å². The maximum absolute atomic E-state index is 14.7. The second-order valence-corrected chi connectivity index (χ2v) is 12.3. The van der Waals surface area contributed by atoms with Gasteiger partial charge in [-0.2, -0.15) is 0 Å². The average Bonchev–Trinajstić information content (AvgIpc) is 3.11. The summed E-state index contributed by atoms with van der Waals surface area (Å²) in [5.74, 6) is -1.15. The van der Waals surface area contributed by atoms with Crippen LogP contribution in [0.3, 0.4) is 0 Å². The summed E-state index contributed by atoms with van der Waals surface area (Å²) in [5, 5.41) is 3.70. The quantitative estimate of drug-likeness (QED) is 0.303. The summed E-state index contributed by atoms with van der Waals surface area (Å²) in [6.45, 7) is 4.52. The minimum atomic E-state index is -1.67. The van der Waals surface area contributed by atoms with Gasteiger partial charge < -0.3 is 15.1 Å². The van der Waals surface area contributed by atoms with Gasteiger partial charge in [-0.1, -0.05) is 48.0 Å². The number of rotatable bonds is 7. The Bertz CT molecular complexity index is 1710. The average molecular weight is 617 g/mol. The van der Waals surface area contributed by atoms with Crippen molar-refractivity contribution < 1.29 is 18.2 Å². The number of piperazine rings is 1. The third kappa shape index (κ3) is 6.20. The monoisotopic (exact) mass is 616 g/mol. The second-order valence-electron chi connectivity index (χ2n) is 10.5. The molecule has 43 heavy (non-hydrogen) atoms. The lowest BCUT2D eigenvalue weighted by molar-refractivity contribution is 0.0944. The first-order valence-corrected chi connectivity index (χ1v) is 15.6. The van der Waals surface area contributed by atoms with Crippen LogP contribution >= 0.6 is 11.6 Å². The fourth-order valence-corrected chi connectivity index (χ4v) is 7.02. The number of nitrogens with one attached hydrogen (secondary N) is 1. The zero-order valence-corrected chi connectivity index (χ0v) is 24.9. The first-order chi connectivity index (χ1) is 20.9. The third-order valence-corrected chi connectivity index (χ3v) is 9.55. The molecule has 0 bridgehead atoms. The van der Waals surface area contributed by atoms with Crippen LogP contribution in [0, 0.1) is 5.82 Å². The molecule has 0 radical (unpaired) electrons. The fourth-order valence-electron chi connectivity index (χ4n) is 5.49. The molecule has 1 N–H and O–H groups in total. The summed E-state index contributed by atoms with van der Waals surface area (Å²) in [6, 6.07) is 25.6. The molecule has 2 aliphatic rings. The zero-order valence-electron chi connectivity index (χ0n) is 23.3. The molecular weight excluding hydrogens is 587 g/mol. The highest BCUT2D eigenvalue weighted by molar-refractivity contribution is 7.85. The number of halogens is 2. The predicted molar refractivity (Wildman–Crippen MR) is 167 cm³/mol. The maximum Gasteiger partial charge on any atom is 0.259 e. The first kappa shape index (κ1) is 29.0. The van der Waals surface area contributed by atoms with Gasteiger partial charge in [0.25, 0.3) is 11.8 Å². The number of benzene rings is 4. The van der Waals surface area contributed by atoms with Crippen LogP contribution in [-0.4, -0.2) is 60.2 Å². The molecule has 4 aromatic carbocycles. The number of hydrogen-bond donors (Lipinski definition) is 1. The summed E-state index contributed by atoms with van der Waals surface area (Å²) < 4.78 is 28.3. The molecule has 2 aliphatic heterocycles. The molecule has 220 valence electrons. The molecule has 0 aliphatic carbocycles. The Morgan fingerprint density at radius 1 is 0.884 bits per heavy atom. The fraction of sp³-hybridized carbons (Fsp3) is 0.212. The highest BCUT2D eigenvalue weighted by atomic mass is 35.5. The van der Waals surface area contributed by atoms with Crippen LogP contribution in [0.15, 0.2) is 101 Å². The van der Waals surface area contributed by atoms with Crippen molar-refractivity contribution in [1.29, 1.82) is 0 Å². The Hall–Kier alpha value is -4.05. The highest BCUT2D eigenvalue weighted by Gasteiger charge is 2.32. The SMILES string of the molecule is O=C(NCCN1CCN(c2cccc(Cl)c2)CC1)c1ccc2c(c1)N(Cc1ccccc1F)C(=O)c1ccccc1S2=O. The van der Waals surface area contributed by atoms with E-state index in [1.165, 1.54) is 11.0 Å². The third-order valence-electron chi connectivity index (χ3n) is 7.82. The van der Waals surface area contributed by atoms with Crippen LogP contribution in [0.5, 0.6) is 0 Å². The molecule has 7 nitrogen and oxygen atoms in total. The van der Waals surface area contributed by atoms with Crippen molar-refractivity contribution in [2.24, 2.45) is 0 Å². The van der Waals surface area contributed by atoms with E-state index in [9.17, 15) is 18.2 Å². The van der Waals surface area contributed by atoms with E-state index in [4.69, 9.17) is 11.6 Å². The van der Waals surface area contributed by atoms with E-state index in [0.29, 0.717) is 39.7 Å². The van der Waals surface area contributed by atoms with E-state index in [0.717, 1.165) is 36.9 Å². The lowest BCUT2D eigenvalue weighted by Gasteiger charge is -2.36. The summed E-state index contributed by atoms with van der Waals surface area (Å²) in [6.07, 6.45) is 0. The van der Waals surface area contributed by atoms with E-state index in [2.05, 4.69) is 21.2 Å². The van der Waals surface area contributed by atoms with E-state index in [-0.39, 0.29) is 18.0 Å². The Kier molecular flexibility index (Phi) is 8.56. The minimum Gasteiger partial charge on any atom is -0.369 e. The number of fused-ring (bicyclic) bond motifs is 2. The van der Waals surface area contributed by atoms with Gasteiger partial charge in [0.1, 0.15) is 5.82 Å². The van der Waals surface area contributed by atoms with Gasteiger partial charge in [-0.25, -0.2) is 8.60 Å². The molecule has 0 saturated carbocycles. The minimum absolute atomic E-state index is 0.0731. The lowest BCUT2D eigenvalue weighted by atomic mass is 10.1. The summed E-state index contributed by atoms with van der Waals surface area (Å²) in [7, 11) is -1.67. The number of carbonyl (C=O) groups is 2. The van der Waals surface area contributed by atoms with Crippen molar-refractivity contribution in [2.45, 2.75) is 16.3 Å². The summed E-state index contributed by atoms with van der Waals surface area (Å²) in [4.78, 5) is 33.8. The first-order valence-electron chi connectivity index (χ1n) is 14.1. The van der Waals surface area contributed by atoms with Crippen LogP contribution < -0.4 is 15.1 Å². The number of carbonyl (C=O) groups excluding carboxylic acids is 2. The Morgan fingerprint density at radius 2 is 1.65 bits per heavy atom. The number of anilines is 2. The van der Waals surface area contributed by atoms with Gasteiger partial charge in [0.15, 0.2) is 0 Å². The molecule has 0 aromatic heterocycles. The molecular formula is C33H30ClFN4O3S. The molecule has 10 heteroatoms. The van der Waals surface area contributed by atoms with E-state index >= 15 is 0 Å². The summed E-state index contributed by atoms with van der Waals surface area (Å²) >= 11 is 6.15. The predicted octanol–water partition coefficient (Wildman–Crippen LogP) is 5.36. The van der Waals surface area contributed by atoms with Crippen molar-refractivity contribution in [3.8, 4) is 0 Å². The standard InChI is InChI=1S/C33H30ClFN4O3S/c34-25-7-5-8-26(21-25)38-18-16-37(17-19-38)15-14-36-32(40)23-12-13-31-29(20-23)39(22-24-6-1-3-10-28(24)35)33(41)27-9-2-4-11-30(27)43(31)42/h1-13,20-21H,14-19,22H2,(H,36,40). The van der Waals surface area contributed by atoms with Crippen LogP contribution in [0.4, 0.5) is 15.8 Å².